The van der Waals surface area contributed by atoms with E-state index in [4.69, 9.17) is 11.6 Å². The molecule has 1 aromatic carbocycles. The van der Waals surface area contributed by atoms with E-state index in [9.17, 15) is 5.11 Å². The second-order valence-electron chi connectivity index (χ2n) is 2.87. The molecular formula is C10H9ClOS2. The van der Waals surface area contributed by atoms with Gasteiger partial charge >= 0.3 is 0 Å². The predicted octanol–water partition coefficient (Wildman–Crippen LogP) is 3.77. The van der Waals surface area contributed by atoms with E-state index in [2.05, 4.69) is 6.07 Å². The van der Waals surface area contributed by atoms with Crippen LogP contribution in [0.2, 0.25) is 5.02 Å². The number of rotatable bonds is 2. The highest BCUT2D eigenvalue weighted by atomic mass is 35.5. The van der Waals surface area contributed by atoms with E-state index in [0.717, 1.165) is 20.5 Å². The average Bonchev–Trinajstić information content (AvgIpc) is 2.65. The van der Waals surface area contributed by atoms with Gasteiger partial charge in [0.25, 0.3) is 0 Å². The third-order valence-electron chi connectivity index (χ3n) is 2.12. The molecule has 0 aliphatic heterocycles. The molecule has 0 saturated heterocycles. The minimum atomic E-state index is 0.00282. The van der Waals surface area contributed by atoms with E-state index < -0.39 is 0 Å². The van der Waals surface area contributed by atoms with Gasteiger partial charge in [0.05, 0.1) is 16.3 Å². The Kier molecular flexibility index (Phi) is 3.02. The Bertz CT molecular complexity index is 464. The molecule has 0 fully saturated rings. The van der Waals surface area contributed by atoms with Gasteiger partial charge in [-0.3, -0.25) is 0 Å². The maximum absolute atomic E-state index is 9.23. The van der Waals surface area contributed by atoms with Crippen molar-refractivity contribution in [2.24, 2.45) is 0 Å². The fraction of sp³-hybridized carbons (Fsp3) is 0.200. The van der Waals surface area contributed by atoms with Crippen LogP contribution in [-0.4, -0.2) is 11.4 Å². The van der Waals surface area contributed by atoms with E-state index in [1.165, 1.54) is 0 Å². The van der Waals surface area contributed by atoms with Crippen LogP contribution in [0.1, 0.15) is 5.56 Å². The summed E-state index contributed by atoms with van der Waals surface area (Å²) in [6.07, 6.45) is 1.99. The first-order valence-corrected chi connectivity index (χ1v) is 6.59. The highest BCUT2D eigenvalue weighted by Gasteiger charge is 2.11. The van der Waals surface area contributed by atoms with E-state index in [1.54, 1.807) is 23.1 Å². The quantitative estimate of drug-likeness (QED) is 0.812. The highest BCUT2D eigenvalue weighted by molar-refractivity contribution is 7.98. The molecule has 1 nitrogen and oxygen atoms in total. The highest BCUT2D eigenvalue weighted by Crippen LogP contribution is 2.37. The van der Waals surface area contributed by atoms with Crippen molar-refractivity contribution in [1.82, 2.24) is 0 Å². The van der Waals surface area contributed by atoms with Gasteiger partial charge in [0.2, 0.25) is 0 Å². The number of benzene rings is 1. The molecular weight excluding hydrogens is 236 g/mol. The lowest BCUT2D eigenvalue weighted by molar-refractivity contribution is 0.279. The number of aliphatic hydroxyl groups is 1. The summed E-state index contributed by atoms with van der Waals surface area (Å²) in [5, 5.41) is 13.1. The zero-order valence-electron chi connectivity index (χ0n) is 7.58. The molecule has 0 aliphatic rings. The minimum absolute atomic E-state index is 0.00282. The largest absolute Gasteiger partial charge is 0.392 e. The van der Waals surface area contributed by atoms with Crippen molar-refractivity contribution >= 4 is 44.8 Å². The third-order valence-corrected chi connectivity index (χ3v) is 4.40. The Morgan fingerprint density at radius 3 is 3.00 bits per heavy atom. The van der Waals surface area contributed by atoms with Gasteiger partial charge in [0.1, 0.15) is 0 Å². The zero-order chi connectivity index (χ0) is 10.1. The van der Waals surface area contributed by atoms with Crippen molar-refractivity contribution in [1.29, 1.82) is 0 Å². The molecule has 74 valence electrons. The maximum Gasteiger partial charge on any atom is 0.0707 e. The molecule has 0 atom stereocenters. The molecule has 0 radical (unpaired) electrons. The molecule has 2 rings (SSSR count). The van der Waals surface area contributed by atoms with Gasteiger partial charge in [0, 0.05) is 10.5 Å². The molecule has 0 aliphatic carbocycles. The number of thiophene rings is 1. The second kappa shape index (κ2) is 4.11. The topological polar surface area (TPSA) is 20.2 Å². The van der Waals surface area contributed by atoms with E-state index in [1.807, 2.05) is 17.7 Å². The molecule has 4 heteroatoms. The van der Waals surface area contributed by atoms with Crippen LogP contribution >= 0.6 is 34.7 Å². The number of halogens is 1. The van der Waals surface area contributed by atoms with Gasteiger partial charge < -0.3 is 5.11 Å². The smallest absolute Gasteiger partial charge is 0.0707 e. The van der Waals surface area contributed by atoms with Gasteiger partial charge in [-0.05, 0) is 29.2 Å². The number of aliphatic hydroxyl groups excluding tert-OH is 1. The van der Waals surface area contributed by atoms with Crippen LogP contribution in [0.3, 0.4) is 0 Å². The first-order chi connectivity index (χ1) is 6.77. The number of hydrogen-bond acceptors (Lipinski definition) is 3. The van der Waals surface area contributed by atoms with Crippen molar-refractivity contribution in [2.75, 3.05) is 6.26 Å². The molecule has 0 saturated carbocycles. The fourth-order valence-corrected chi connectivity index (χ4v) is 3.37. The summed E-state index contributed by atoms with van der Waals surface area (Å²) in [6, 6.07) is 4.13. The lowest BCUT2D eigenvalue weighted by Crippen LogP contribution is -1.88. The maximum atomic E-state index is 9.23. The van der Waals surface area contributed by atoms with Crippen LogP contribution in [0.25, 0.3) is 10.1 Å². The molecule has 14 heavy (non-hydrogen) atoms. The molecule has 1 heterocycles. The van der Waals surface area contributed by atoms with Crippen LogP contribution in [0.5, 0.6) is 0 Å². The zero-order valence-corrected chi connectivity index (χ0v) is 9.97. The summed E-state index contributed by atoms with van der Waals surface area (Å²) in [4.78, 5) is 1.06. The fourth-order valence-electron chi connectivity index (χ4n) is 1.41. The van der Waals surface area contributed by atoms with E-state index in [0.29, 0.717) is 5.02 Å². The van der Waals surface area contributed by atoms with Crippen LogP contribution in [0.15, 0.2) is 22.4 Å². The van der Waals surface area contributed by atoms with Crippen LogP contribution in [0.4, 0.5) is 0 Å². The van der Waals surface area contributed by atoms with Crippen molar-refractivity contribution in [3.8, 4) is 0 Å². The summed E-state index contributed by atoms with van der Waals surface area (Å²) in [5.41, 5.74) is 0.842. The summed E-state index contributed by atoms with van der Waals surface area (Å²) in [6.45, 7) is 0.00282. The number of thioether (sulfide) groups is 1. The predicted molar refractivity (Wildman–Crippen MR) is 64.5 cm³/mol. The Hall–Kier alpha value is -0.220. The summed E-state index contributed by atoms with van der Waals surface area (Å²) in [7, 11) is 0. The van der Waals surface area contributed by atoms with E-state index >= 15 is 0 Å². The Balaban J connectivity index is 2.79. The SMILES string of the molecule is CSc1cc2ccsc2c(Cl)c1CO. The first kappa shape index (κ1) is 10.3. The van der Waals surface area contributed by atoms with Gasteiger partial charge in [-0.15, -0.1) is 23.1 Å². The standard InChI is InChI=1S/C10H9ClOS2/c1-13-8-4-6-2-3-14-10(6)9(11)7(8)5-12/h2-4,12H,5H2,1H3. The summed E-state index contributed by atoms with van der Waals surface area (Å²) >= 11 is 9.43. The van der Waals surface area contributed by atoms with Gasteiger partial charge in [0.15, 0.2) is 0 Å². The summed E-state index contributed by atoms with van der Waals surface area (Å²) in [5.74, 6) is 0. The average molecular weight is 245 g/mol. The lowest BCUT2D eigenvalue weighted by atomic mass is 10.2. The van der Waals surface area contributed by atoms with Gasteiger partial charge in [-0.2, -0.15) is 0 Å². The molecule has 1 aromatic heterocycles. The van der Waals surface area contributed by atoms with Crippen LogP contribution in [0, 0.1) is 0 Å². The first-order valence-electron chi connectivity index (χ1n) is 4.11. The minimum Gasteiger partial charge on any atom is -0.392 e. The van der Waals surface area contributed by atoms with Crippen molar-refractivity contribution in [3.63, 3.8) is 0 Å². The molecule has 0 bridgehead atoms. The molecule has 1 N–H and O–H groups in total. The van der Waals surface area contributed by atoms with Crippen LogP contribution < -0.4 is 0 Å². The van der Waals surface area contributed by atoms with Crippen LogP contribution in [-0.2, 0) is 6.61 Å². The number of hydrogen-bond donors (Lipinski definition) is 1. The summed E-state index contributed by atoms with van der Waals surface area (Å²) < 4.78 is 1.06. The second-order valence-corrected chi connectivity index (χ2v) is 5.01. The Morgan fingerprint density at radius 2 is 2.36 bits per heavy atom. The molecule has 0 amide bonds. The normalized spacial score (nSPS) is 11.1. The Labute approximate surface area is 95.7 Å². The van der Waals surface area contributed by atoms with Crippen molar-refractivity contribution in [2.45, 2.75) is 11.5 Å². The lowest BCUT2D eigenvalue weighted by Gasteiger charge is -2.07. The van der Waals surface area contributed by atoms with Crippen molar-refractivity contribution < 1.29 is 5.11 Å². The molecule has 2 aromatic rings. The van der Waals surface area contributed by atoms with E-state index in [-0.39, 0.29) is 6.61 Å². The van der Waals surface area contributed by atoms with Gasteiger partial charge in [-0.25, -0.2) is 0 Å². The Morgan fingerprint density at radius 1 is 1.57 bits per heavy atom. The van der Waals surface area contributed by atoms with Crippen molar-refractivity contribution in [3.05, 3.63) is 28.1 Å². The molecule has 0 spiro atoms. The third kappa shape index (κ3) is 1.54. The van der Waals surface area contributed by atoms with Gasteiger partial charge in [-0.1, -0.05) is 11.6 Å². The number of fused-ring (bicyclic) bond motifs is 1. The molecule has 0 unspecified atom stereocenters. The monoisotopic (exact) mass is 244 g/mol.